The van der Waals surface area contributed by atoms with Crippen LogP contribution in [0.2, 0.25) is 15.1 Å². The summed E-state index contributed by atoms with van der Waals surface area (Å²) in [5.41, 5.74) is 0.385. The number of esters is 1. The smallest absolute Gasteiger partial charge is 0.339 e. The van der Waals surface area contributed by atoms with E-state index in [1.165, 1.54) is 55.6 Å². The van der Waals surface area contributed by atoms with Crippen molar-refractivity contribution in [2.75, 3.05) is 23.3 Å². The number of hydrogen-bond donors (Lipinski definition) is 1. The van der Waals surface area contributed by atoms with Gasteiger partial charge in [0.25, 0.3) is 10.0 Å². The predicted octanol–water partition coefficient (Wildman–Crippen LogP) is 5.27. The third-order valence-electron chi connectivity index (χ3n) is 4.41. The third-order valence-corrected chi connectivity index (χ3v) is 6.96. The molecule has 0 unspecified atom stereocenters. The highest BCUT2D eigenvalue weighted by molar-refractivity contribution is 7.92. The lowest BCUT2D eigenvalue weighted by molar-refractivity contribution is -0.114. The Labute approximate surface area is 205 Å². The molecule has 3 aromatic rings. The first-order valence-electron chi connectivity index (χ1n) is 9.33. The molecular weight excluding hydrogens is 511 g/mol. The molecule has 0 radical (unpaired) electrons. The van der Waals surface area contributed by atoms with Crippen molar-refractivity contribution in [2.24, 2.45) is 0 Å². The molecule has 0 spiro atoms. The number of benzene rings is 3. The van der Waals surface area contributed by atoms with Crippen molar-refractivity contribution in [2.45, 2.75) is 4.90 Å². The molecule has 11 heteroatoms. The van der Waals surface area contributed by atoms with Crippen LogP contribution in [-0.2, 0) is 19.6 Å². The second-order valence-corrected chi connectivity index (χ2v) is 9.83. The molecule has 33 heavy (non-hydrogen) atoms. The van der Waals surface area contributed by atoms with Gasteiger partial charge in [0, 0.05) is 15.7 Å². The van der Waals surface area contributed by atoms with Crippen molar-refractivity contribution >= 4 is 68.1 Å². The van der Waals surface area contributed by atoms with E-state index in [-0.39, 0.29) is 36.9 Å². The molecule has 0 saturated carbocycles. The van der Waals surface area contributed by atoms with Crippen molar-refractivity contribution in [3.8, 4) is 0 Å². The summed E-state index contributed by atoms with van der Waals surface area (Å²) in [7, 11) is -2.95. The summed E-state index contributed by atoms with van der Waals surface area (Å²) in [5.74, 6) is -1.36. The van der Waals surface area contributed by atoms with Crippen LogP contribution in [0.4, 0.5) is 11.4 Å². The van der Waals surface area contributed by atoms with Crippen LogP contribution in [0.25, 0.3) is 0 Å². The summed E-state index contributed by atoms with van der Waals surface area (Å²) in [6.45, 7) is -0.593. The van der Waals surface area contributed by atoms with Crippen LogP contribution in [0, 0.1) is 0 Å². The molecule has 7 nitrogen and oxygen atoms in total. The highest BCUT2D eigenvalue weighted by atomic mass is 35.5. The molecule has 3 aromatic carbocycles. The minimum absolute atomic E-state index is 0.0200. The van der Waals surface area contributed by atoms with Crippen molar-refractivity contribution in [3.63, 3.8) is 0 Å². The lowest BCUT2D eigenvalue weighted by Gasteiger charge is -2.24. The number of ether oxygens (including phenoxy) is 1. The molecule has 1 amide bonds. The molecule has 0 bridgehead atoms. The molecule has 0 fully saturated rings. The number of carbonyl (C=O) groups is 2. The number of sulfonamides is 1. The maximum Gasteiger partial charge on any atom is 0.339 e. The Morgan fingerprint density at radius 3 is 2.18 bits per heavy atom. The zero-order valence-corrected chi connectivity index (χ0v) is 20.2. The quantitative estimate of drug-likeness (QED) is 0.423. The zero-order chi connectivity index (χ0) is 24.2. The van der Waals surface area contributed by atoms with Gasteiger partial charge in [-0.15, -0.1) is 0 Å². The predicted molar refractivity (Wildman–Crippen MR) is 129 cm³/mol. The van der Waals surface area contributed by atoms with Gasteiger partial charge in [-0.1, -0.05) is 53.0 Å². The standard InChI is InChI=1S/C22H17Cl3N2O5S/c1-32-22(29)19-12-16(7-8-20(19)25)26-21(28)13-27(17-10-14(23)9-15(24)11-17)33(30,31)18-5-3-2-4-6-18/h2-12H,13H2,1H3,(H,26,28). The monoisotopic (exact) mass is 526 g/mol. The van der Waals surface area contributed by atoms with Crippen molar-refractivity contribution in [3.05, 3.63) is 87.4 Å². The Morgan fingerprint density at radius 2 is 1.58 bits per heavy atom. The summed E-state index contributed by atoms with van der Waals surface area (Å²) in [5, 5.41) is 3.11. The van der Waals surface area contributed by atoms with Gasteiger partial charge in [-0.25, -0.2) is 13.2 Å². The van der Waals surface area contributed by atoms with Crippen LogP contribution in [0.15, 0.2) is 71.6 Å². The Kier molecular flexibility index (Phi) is 7.86. The van der Waals surface area contributed by atoms with Crippen LogP contribution in [0.5, 0.6) is 0 Å². The van der Waals surface area contributed by atoms with E-state index in [4.69, 9.17) is 34.8 Å². The lowest BCUT2D eigenvalue weighted by Crippen LogP contribution is -2.38. The Hall–Kier alpha value is -2.78. The van der Waals surface area contributed by atoms with E-state index < -0.39 is 28.4 Å². The first-order chi connectivity index (χ1) is 15.6. The number of nitrogens with one attached hydrogen (secondary N) is 1. The molecule has 0 atom stereocenters. The molecule has 1 N–H and O–H groups in total. The average Bonchev–Trinajstić information content (AvgIpc) is 2.78. The first-order valence-corrected chi connectivity index (χ1v) is 11.9. The van der Waals surface area contributed by atoms with E-state index in [1.54, 1.807) is 18.2 Å². The maximum absolute atomic E-state index is 13.4. The summed E-state index contributed by atoms with van der Waals surface area (Å²) in [4.78, 5) is 24.7. The van der Waals surface area contributed by atoms with Crippen LogP contribution >= 0.6 is 34.8 Å². The van der Waals surface area contributed by atoms with Gasteiger partial charge in [-0.2, -0.15) is 0 Å². The molecule has 0 aliphatic rings. The van der Waals surface area contributed by atoms with E-state index in [9.17, 15) is 18.0 Å². The molecule has 0 saturated heterocycles. The summed E-state index contributed by atoms with van der Waals surface area (Å²) < 4.78 is 32.3. The van der Waals surface area contributed by atoms with Gasteiger partial charge in [0.1, 0.15) is 6.54 Å². The highest BCUT2D eigenvalue weighted by Crippen LogP contribution is 2.30. The van der Waals surface area contributed by atoms with Gasteiger partial charge in [0.15, 0.2) is 0 Å². The van der Waals surface area contributed by atoms with Crippen LogP contribution < -0.4 is 9.62 Å². The lowest BCUT2D eigenvalue weighted by atomic mass is 10.2. The Balaban J connectivity index is 1.96. The number of methoxy groups -OCH3 is 1. The van der Waals surface area contributed by atoms with E-state index in [0.717, 1.165) is 4.31 Å². The summed E-state index contributed by atoms with van der Waals surface area (Å²) in [6, 6.07) is 16.1. The third kappa shape index (κ3) is 5.97. The Bertz CT molecular complexity index is 1280. The summed E-state index contributed by atoms with van der Waals surface area (Å²) in [6.07, 6.45) is 0. The first kappa shape index (κ1) is 24.9. The molecule has 172 valence electrons. The van der Waals surface area contributed by atoms with Gasteiger partial charge in [0.2, 0.25) is 5.91 Å². The minimum Gasteiger partial charge on any atom is -0.465 e. The molecule has 0 heterocycles. The highest BCUT2D eigenvalue weighted by Gasteiger charge is 2.28. The Morgan fingerprint density at radius 1 is 0.939 bits per heavy atom. The molecular formula is C22H17Cl3N2O5S. The number of rotatable bonds is 7. The van der Waals surface area contributed by atoms with Gasteiger partial charge >= 0.3 is 5.97 Å². The van der Waals surface area contributed by atoms with Crippen molar-refractivity contribution < 1.29 is 22.7 Å². The van der Waals surface area contributed by atoms with E-state index in [1.807, 2.05) is 0 Å². The fourth-order valence-electron chi connectivity index (χ4n) is 2.92. The molecule has 3 rings (SSSR count). The maximum atomic E-state index is 13.4. The normalized spacial score (nSPS) is 11.0. The number of nitrogens with zero attached hydrogens (tertiary/aromatic N) is 1. The number of anilines is 2. The number of amides is 1. The second kappa shape index (κ2) is 10.4. The van der Waals surface area contributed by atoms with Crippen molar-refractivity contribution in [1.82, 2.24) is 0 Å². The van der Waals surface area contributed by atoms with E-state index >= 15 is 0 Å². The zero-order valence-electron chi connectivity index (χ0n) is 17.1. The summed E-state index contributed by atoms with van der Waals surface area (Å²) >= 11 is 18.1. The van der Waals surface area contributed by atoms with Gasteiger partial charge in [-0.05, 0) is 48.5 Å². The largest absolute Gasteiger partial charge is 0.465 e. The topological polar surface area (TPSA) is 92.8 Å². The van der Waals surface area contributed by atoms with Crippen molar-refractivity contribution in [1.29, 1.82) is 0 Å². The number of halogens is 3. The second-order valence-electron chi connectivity index (χ2n) is 6.69. The fourth-order valence-corrected chi connectivity index (χ4v) is 5.05. The van der Waals surface area contributed by atoms with Gasteiger partial charge in [-0.3, -0.25) is 9.10 Å². The van der Waals surface area contributed by atoms with Crippen LogP contribution in [0.3, 0.4) is 0 Å². The number of carbonyl (C=O) groups excluding carboxylic acids is 2. The minimum atomic E-state index is -4.15. The number of hydrogen-bond acceptors (Lipinski definition) is 5. The van der Waals surface area contributed by atoms with Crippen LogP contribution in [0.1, 0.15) is 10.4 Å². The average molecular weight is 528 g/mol. The molecule has 0 aromatic heterocycles. The van der Waals surface area contributed by atoms with Gasteiger partial charge in [0.05, 0.1) is 28.3 Å². The van der Waals surface area contributed by atoms with Gasteiger partial charge < -0.3 is 10.1 Å². The van der Waals surface area contributed by atoms with Crippen LogP contribution in [-0.4, -0.2) is 33.9 Å². The fraction of sp³-hybridized carbons (Fsp3) is 0.0909. The molecule has 0 aliphatic carbocycles. The van der Waals surface area contributed by atoms with E-state index in [0.29, 0.717) is 0 Å². The SMILES string of the molecule is COC(=O)c1cc(NC(=O)CN(c2cc(Cl)cc(Cl)c2)S(=O)(=O)c2ccccc2)ccc1Cl. The molecule has 0 aliphatic heterocycles. The van der Waals surface area contributed by atoms with E-state index in [2.05, 4.69) is 10.1 Å².